The zero-order valence-corrected chi connectivity index (χ0v) is 15.3. The van der Waals surface area contributed by atoms with Gasteiger partial charge in [0.15, 0.2) is 0 Å². The summed E-state index contributed by atoms with van der Waals surface area (Å²) in [6.45, 7) is 0. The number of anilines is 1. The van der Waals surface area contributed by atoms with Gasteiger partial charge in [-0.1, -0.05) is 6.07 Å². The predicted octanol–water partition coefficient (Wildman–Crippen LogP) is 2.86. The van der Waals surface area contributed by atoms with E-state index in [-0.39, 0.29) is 39.6 Å². The lowest BCUT2D eigenvalue weighted by Gasteiger charge is -2.09. The first-order valence-corrected chi connectivity index (χ1v) is 7.97. The Morgan fingerprint density at radius 3 is 2.45 bits per heavy atom. The molecule has 1 amide bonds. The van der Waals surface area contributed by atoms with Gasteiger partial charge in [0.05, 0.1) is 24.7 Å². The molecule has 0 heterocycles. The Hall–Kier alpha value is -4.39. The number of methoxy groups -OCH3 is 2. The van der Waals surface area contributed by atoms with Crippen molar-refractivity contribution in [3.05, 3.63) is 63.2 Å². The maximum atomic E-state index is 12.4. The summed E-state index contributed by atoms with van der Waals surface area (Å²) in [6, 6.07) is 9.57. The van der Waals surface area contributed by atoms with Crippen LogP contribution in [0.3, 0.4) is 0 Å². The number of hydrogen-bond donors (Lipinski definition) is 2. The number of carbonyl (C=O) groups is 2. The quantitative estimate of drug-likeness (QED) is 0.313. The summed E-state index contributed by atoms with van der Waals surface area (Å²) < 4.78 is 10.1. The molecule has 148 valence electrons. The second-order valence-corrected chi connectivity index (χ2v) is 5.53. The summed E-state index contributed by atoms with van der Waals surface area (Å²) >= 11 is 0. The molecule has 10 heteroatoms. The smallest absolute Gasteiger partial charge is 0.335 e. The van der Waals surface area contributed by atoms with Gasteiger partial charge in [-0.25, -0.2) is 4.79 Å². The molecule has 2 aromatic rings. The largest absolute Gasteiger partial charge is 0.496 e. The number of hydrogen-bond acceptors (Lipinski definition) is 7. The fourth-order valence-electron chi connectivity index (χ4n) is 2.39. The first-order valence-electron chi connectivity index (χ1n) is 7.97. The molecule has 29 heavy (non-hydrogen) atoms. The molecular weight excluding hydrogens is 382 g/mol. The lowest BCUT2D eigenvalue weighted by Crippen LogP contribution is -2.14. The van der Waals surface area contributed by atoms with Gasteiger partial charge in [-0.2, -0.15) is 5.26 Å². The second-order valence-electron chi connectivity index (χ2n) is 5.53. The number of nitrogens with zero attached hydrogens (tertiary/aromatic N) is 2. The third kappa shape index (κ3) is 4.86. The summed E-state index contributed by atoms with van der Waals surface area (Å²) in [4.78, 5) is 34.0. The summed E-state index contributed by atoms with van der Waals surface area (Å²) in [5, 5.41) is 32.0. The zero-order valence-electron chi connectivity index (χ0n) is 15.3. The zero-order chi connectivity index (χ0) is 21.6. The van der Waals surface area contributed by atoms with E-state index in [9.17, 15) is 25.0 Å². The van der Waals surface area contributed by atoms with Crippen LogP contribution in [0.2, 0.25) is 0 Å². The molecule has 0 bridgehead atoms. The van der Waals surface area contributed by atoms with E-state index in [0.29, 0.717) is 0 Å². The first kappa shape index (κ1) is 20.9. The average Bonchev–Trinajstić information content (AvgIpc) is 2.71. The third-order valence-corrected chi connectivity index (χ3v) is 3.76. The van der Waals surface area contributed by atoms with Crippen LogP contribution < -0.4 is 14.8 Å². The number of carboxylic acids is 1. The molecule has 0 fully saturated rings. The van der Waals surface area contributed by atoms with Gasteiger partial charge in [0.2, 0.25) is 5.75 Å². The molecule has 0 aliphatic carbocycles. The number of nitrogens with one attached hydrogen (secondary N) is 1. The number of nitro benzene ring substituents is 1. The van der Waals surface area contributed by atoms with Gasteiger partial charge in [0.25, 0.3) is 5.91 Å². The highest BCUT2D eigenvalue weighted by Gasteiger charge is 2.20. The fourth-order valence-corrected chi connectivity index (χ4v) is 2.39. The van der Waals surface area contributed by atoms with Crippen LogP contribution in [-0.2, 0) is 4.79 Å². The van der Waals surface area contributed by atoms with Crippen molar-refractivity contribution in [2.45, 2.75) is 0 Å². The van der Waals surface area contributed by atoms with Crippen LogP contribution in [0.5, 0.6) is 11.5 Å². The van der Waals surface area contributed by atoms with Gasteiger partial charge in [-0.15, -0.1) is 0 Å². The van der Waals surface area contributed by atoms with Crippen molar-refractivity contribution in [3.63, 3.8) is 0 Å². The Morgan fingerprint density at radius 2 is 1.90 bits per heavy atom. The highest BCUT2D eigenvalue weighted by Crippen LogP contribution is 2.35. The maximum Gasteiger partial charge on any atom is 0.335 e. The number of nitriles is 1. The molecule has 0 aliphatic heterocycles. The highest BCUT2D eigenvalue weighted by atomic mass is 16.6. The van der Waals surface area contributed by atoms with E-state index in [1.54, 1.807) is 6.07 Å². The van der Waals surface area contributed by atoms with E-state index in [2.05, 4.69) is 5.32 Å². The van der Waals surface area contributed by atoms with Gasteiger partial charge in [-0.3, -0.25) is 14.9 Å². The van der Waals surface area contributed by atoms with Gasteiger partial charge in [0, 0.05) is 23.4 Å². The van der Waals surface area contributed by atoms with Crippen LogP contribution in [0.25, 0.3) is 6.08 Å². The van der Waals surface area contributed by atoms with Gasteiger partial charge >= 0.3 is 11.7 Å². The standard InChI is InChI=1S/C19H15N3O7/c1-28-16-9-17(29-2)15(22(26)27)8-12(16)6-13(10-20)18(23)21-14-5-3-4-11(7-14)19(24)25/h3-9H,1-2H3,(H,21,23)(H,24,25). The molecule has 2 rings (SSSR count). The van der Waals surface area contributed by atoms with Crippen molar-refractivity contribution in [2.24, 2.45) is 0 Å². The number of nitro groups is 1. The Bertz CT molecular complexity index is 1050. The molecule has 0 saturated heterocycles. The number of benzene rings is 2. The molecule has 0 saturated carbocycles. The summed E-state index contributed by atoms with van der Waals surface area (Å²) in [5.41, 5.74) is -0.498. The van der Waals surface area contributed by atoms with Crippen LogP contribution in [0, 0.1) is 21.4 Å². The van der Waals surface area contributed by atoms with Crippen LogP contribution >= 0.6 is 0 Å². The van der Waals surface area contributed by atoms with Gasteiger partial charge in [-0.05, 0) is 24.3 Å². The Kier molecular flexibility index (Phi) is 6.50. The number of carbonyl (C=O) groups excluding carboxylic acids is 1. The predicted molar refractivity (Wildman–Crippen MR) is 102 cm³/mol. The molecule has 0 atom stereocenters. The van der Waals surface area contributed by atoms with Crippen molar-refractivity contribution >= 4 is 29.3 Å². The number of ether oxygens (including phenoxy) is 2. The molecule has 0 aliphatic rings. The van der Waals surface area contributed by atoms with Crippen molar-refractivity contribution < 1.29 is 29.1 Å². The third-order valence-electron chi connectivity index (χ3n) is 3.76. The summed E-state index contributed by atoms with van der Waals surface area (Å²) in [5.74, 6) is -1.89. The Morgan fingerprint density at radius 1 is 1.21 bits per heavy atom. The van der Waals surface area contributed by atoms with E-state index in [1.165, 1.54) is 44.6 Å². The van der Waals surface area contributed by atoms with Crippen molar-refractivity contribution in [1.82, 2.24) is 0 Å². The highest BCUT2D eigenvalue weighted by molar-refractivity contribution is 6.10. The second kappa shape index (κ2) is 9.01. The van der Waals surface area contributed by atoms with E-state index < -0.39 is 16.8 Å². The van der Waals surface area contributed by atoms with E-state index in [4.69, 9.17) is 14.6 Å². The van der Waals surface area contributed by atoms with Crippen LogP contribution in [-0.4, -0.2) is 36.1 Å². The maximum absolute atomic E-state index is 12.4. The molecule has 0 spiro atoms. The minimum Gasteiger partial charge on any atom is -0.496 e. The van der Waals surface area contributed by atoms with Gasteiger partial charge in [0.1, 0.15) is 17.4 Å². The molecule has 0 aromatic heterocycles. The topological polar surface area (TPSA) is 152 Å². The lowest BCUT2D eigenvalue weighted by atomic mass is 10.1. The first-order chi connectivity index (χ1) is 13.8. The molecule has 2 aromatic carbocycles. The Labute approximate surface area is 164 Å². The van der Waals surface area contributed by atoms with Crippen molar-refractivity contribution in [2.75, 3.05) is 19.5 Å². The molecule has 2 N–H and O–H groups in total. The SMILES string of the molecule is COc1cc(OC)c([N+](=O)[O-])cc1C=C(C#N)C(=O)Nc1cccc(C(=O)O)c1. The number of rotatable bonds is 7. The van der Waals surface area contributed by atoms with Crippen LogP contribution in [0.1, 0.15) is 15.9 Å². The minimum absolute atomic E-state index is 0.0438. The summed E-state index contributed by atoms with van der Waals surface area (Å²) in [7, 11) is 2.58. The Balaban J connectivity index is 2.43. The normalized spacial score (nSPS) is 10.6. The molecule has 0 unspecified atom stereocenters. The number of carboxylic acid groups (broad SMARTS) is 1. The van der Waals surface area contributed by atoms with Crippen molar-refractivity contribution in [1.29, 1.82) is 5.26 Å². The van der Waals surface area contributed by atoms with Crippen molar-refractivity contribution in [3.8, 4) is 17.6 Å². The summed E-state index contributed by atoms with van der Waals surface area (Å²) in [6.07, 6.45) is 1.13. The average molecular weight is 397 g/mol. The van der Waals surface area contributed by atoms with E-state index >= 15 is 0 Å². The number of aromatic carboxylic acids is 1. The van der Waals surface area contributed by atoms with E-state index in [1.807, 2.05) is 0 Å². The molecule has 10 nitrogen and oxygen atoms in total. The molecular formula is C19H15N3O7. The number of amides is 1. The lowest BCUT2D eigenvalue weighted by molar-refractivity contribution is -0.385. The van der Waals surface area contributed by atoms with E-state index in [0.717, 1.165) is 12.1 Å². The molecule has 0 radical (unpaired) electrons. The fraction of sp³-hybridized carbons (Fsp3) is 0.105. The van der Waals surface area contributed by atoms with Gasteiger partial charge < -0.3 is 19.9 Å². The van der Waals surface area contributed by atoms with Crippen LogP contribution in [0.4, 0.5) is 11.4 Å². The minimum atomic E-state index is -1.17. The monoisotopic (exact) mass is 397 g/mol. The van der Waals surface area contributed by atoms with Crippen LogP contribution in [0.15, 0.2) is 42.0 Å².